The van der Waals surface area contributed by atoms with Crippen molar-refractivity contribution >= 4 is 23.4 Å². The van der Waals surface area contributed by atoms with Crippen molar-refractivity contribution in [3.63, 3.8) is 0 Å². The van der Waals surface area contributed by atoms with Crippen LogP contribution in [0.25, 0.3) is 0 Å². The zero-order valence-electron chi connectivity index (χ0n) is 19.7. The first-order chi connectivity index (χ1) is 15.2. The molecule has 0 fully saturated rings. The minimum Gasteiger partial charge on any atom is -0.497 e. The molecule has 2 aromatic carbocycles. The van der Waals surface area contributed by atoms with E-state index in [1.54, 1.807) is 26.2 Å². The molecule has 7 heteroatoms. The molecule has 32 heavy (non-hydrogen) atoms. The largest absolute Gasteiger partial charge is 0.497 e. The van der Waals surface area contributed by atoms with E-state index < -0.39 is 6.04 Å². The molecule has 0 bridgehead atoms. The zero-order valence-corrected chi connectivity index (χ0v) is 20.5. The summed E-state index contributed by atoms with van der Waals surface area (Å²) < 4.78 is 11.0. The van der Waals surface area contributed by atoms with Crippen LogP contribution in [0.15, 0.2) is 36.4 Å². The molecule has 0 aliphatic carbocycles. The van der Waals surface area contributed by atoms with E-state index in [-0.39, 0.29) is 31.0 Å². The Morgan fingerprint density at radius 3 is 2.19 bits per heavy atom. The van der Waals surface area contributed by atoms with Crippen molar-refractivity contribution in [1.82, 2.24) is 10.2 Å². The maximum absolute atomic E-state index is 13.2. The minimum absolute atomic E-state index is 0.0270. The van der Waals surface area contributed by atoms with Crippen LogP contribution in [0.1, 0.15) is 43.9 Å². The summed E-state index contributed by atoms with van der Waals surface area (Å²) in [5.74, 6) is 0.821. The quantitative estimate of drug-likeness (QED) is 0.559. The third kappa shape index (κ3) is 6.89. The van der Waals surface area contributed by atoms with Crippen molar-refractivity contribution in [2.45, 2.75) is 59.7 Å². The number of halogens is 1. The van der Waals surface area contributed by atoms with Crippen LogP contribution >= 0.6 is 11.6 Å². The third-order valence-electron chi connectivity index (χ3n) is 5.45. The van der Waals surface area contributed by atoms with Gasteiger partial charge in [0.15, 0.2) is 6.61 Å². The van der Waals surface area contributed by atoms with Gasteiger partial charge in [-0.15, -0.1) is 0 Å². The van der Waals surface area contributed by atoms with Crippen LogP contribution in [0.2, 0.25) is 5.02 Å². The van der Waals surface area contributed by atoms with Gasteiger partial charge in [0.2, 0.25) is 5.91 Å². The van der Waals surface area contributed by atoms with Crippen LogP contribution in [0, 0.1) is 13.8 Å². The Morgan fingerprint density at radius 1 is 1.06 bits per heavy atom. The molecule has 0 saturated carbocycles. The second kappa shape index (κ2) is 11.8. The fourth-order valence-corrected chi connectivity index (χ4v) is 3.30. The van der Waals surface area contributed by atoms with Crippen molar-refractivity contribution in [3.05, 3.63) is 58.1 Å². The molecule has 0 aliphatic rings. The number of nitrogens with zero attached hydrogens (tertiary/aromatic N) is 1. The molecule has 0 heterocycles. The molecule has 0 radical (unpaired) electrons. The van der Waals surface area contributed by atoms with Crippen LogP contribution < -0.4 is 14.8 Å². The number of carbonyl (C=O) groups excluding carboxylic acids is 2. The summed E-state index contributed by atoms with van der Waals surface area (Å²) in [6.45, 7) is 9.55. The SMILES string of the molecule is CC[C@H](C)NC(=O)[C@@H](C)N(Cc1ccc(OC)cc1)C(=O)COc1cc(C)c(Cl)c(C)c1. The van der Waals surface area contributed by atoms with Crippen molar-refractivity contribution < 1.29 is 19.1 Å². The topological polar surface area (TPSA) is 67.9 Å². The Balaban J connectivity index is 2.19. The van der Waals surface area contributed by atoms with E-state index in [4.69, 9.17) is 21.1 Å². The van der Waals surface area contributed by atoms with Crippen LogP contribution in [-0.4, -0.2) is 42.5 Å². The standard InChI is InChI=1S/C25H33ClN2O4/c1-7-18(4)27-25(30)19(5)28(14-20-8-10-21(31-6)11-9-20)23(29)15-32-22-12-16(2)24(26)17(3)13-22/h8-13,18-19H,7,14-15H2,1-6H3,(H,27,30)/t18-,19+/m0/s1. The van der Waals surface area contributed by atoms with Crippen LogP contribution in [0.4, 0.5) is 0 Å². The van der Waals surface area contributed by atoms with Gasteiger partial charge in [0.25, 0.3) is 5.91 Å². The van der Waals surface area contributed by atoms with E-state index >= 15 is 0 Å². The summed E-state index contributed by atoms with van der Waals surface area (Å²) in [6, 6.07) is 10.4. The number of nitrogens with one attached hydrogen (secondary N) is 1. The van der Waals surface area contributed by atoms with E-state index in [9.17, 15) is 9.59 Å². The van der Waals surface area contributed by atoms with Gasteiger partial charge < -0.3 is 19.7 Å². The predicted molar refractivity (Wildman–Crippen MR) is 127 cm³/mol. The fraction of sp³-hybridized carbons (Fsp3) is 0.440. The highest BCUT2D eigenvalue weighted by molar-refractivity contribution is 6.32. The molecule has 0 aromatic heterocycles. The first-order valence-electron chi connectivity index (χ1n) is 10.8. The Labute approximate surface area is 195 Å². The van der Waals surface area contributed by atoms with E-state index in [1.165, 1.54) is 4.90 Å². The number of amides is 2. The molecule has 2 amide bonds. The van der Waals surface area contributed by atoms with Gasteiger partial charge in [0.05, 0.1) is 7.11 Å². The highest BCUT2D eigenvalue weighted by atomic mass is 35.5. The van der Waals surface area contributed by atoms with Crippen LogP contribution in [-0.2, 0) is 16.1 Å². The van der Waals surface area contributed by atoms with Gasteiger partial charge in [-0.05, 0) is 75.1 Å². The summed E-state index contributed by atoms with van der Waals surface area (Å²) in [5.41, 5.74) is 2.65. The second-order valence-electron chi connectivity index (χ2n) is 8.02. The Hall–Kier alpha value is -2.73. The molecular weight excluding hydrogens is 428 g/mol. The molecule has 0 unspecified atom stereocenters. The summed E-state index contributed by atoms with van der Waals surface area (Å²) in [5, 5.41) is 3.64. The normalized spacial score (nSPS) is 12.6. The lowest BCUT2D eigenvalue weighted by Gasteiger charge is -2.29. The lowest BCUT2D eigenvalue weighted by molar-refractivity contribution is -0.142. The maximum Gasteiger partial charge on any atom is 0.261 e. The molecule has 2 atom stereocenters. The molecule has 0 aliphatic heterocycles. The lowest BCUT2D eigenvalue weighted by atomic mass is 10.1. The summed E-state index contributed by atoms with van der Waals surface area (Å²) in [4.78, 5) is 27.5. The van der Waals surface area contributed by atoms with Gasteiger partial charge in [-0.3, -0.25) is 9.59 Å². The number of ether oxygens (including phenoxy) is 2. The Morgan fingerprint density at radius 2 is 1.66 bits per heavy atom. The van der Waals surface area contributed by atoms with Crippen LogP contribution in [0.5, 0.6) is 11.5 Å². The summed E-state index contributed by atoms with van der Waals surface area (Å²) in [7, 11) is 1.60. The van der Waals surface area contributed by atoms with Crippen molar-refractivity contribution in [2.24, 2.45) is 0 Å². The first-order valence-corrected chi connectivity index (χ1v) is 11.2. The van der Waals surface area contributed by atoms with Gasteiger partial charge in [-0.2, -0.15) is 0 Å². The number of aryl methyl sites for hydroxylation is 2. The van der Waals surface area contributed by atoms with Gasteiger partial charge >= 0.3 is 0 Å². The molecule has 2 rings (SSSR count). The van der Waals surface area contributed by atoms with Gasteiger partial charge in [-0.1, -0.05) is 30.7 Å². The molecule has 174 valence electrons. The number of hydrogen-bond donors (Lipinski definition) is 1. The molecule has 2 aromatic rings. The maximum atomic E-state index is 13.2. The number of benzene rings is 2. The van der Waals surface area contributed by atoms with E-state index in [1.807, 2.05) is 52.0 Å². The van der Waals surface area contributed by atoms with Gasteiger partial charge in [0, 0.05) is 17.6 Å². The highest BCUT2D eigenvalue weighted by Crippen LogP contribution is 2.26. The third-order valence-corrected chi connectivity index (χ3v) is 6.05. The lowest BCUT2D eigenvalue weighted by Crippen LogP contribution is -2.50. The molecule has 0 saturated heterocycles. The number of hydrogen-bond acceptors (Lipinski definition) is 4. The van der Waals surface area contributed by atoms with Crippen molar-refractivity contribution in [3.8, 4) is 11.5 Å². The van der Waals surface area contributed by atoms with Crippen molar-refractivity contribution in [2.75, 3.05) is 13.7 Å². The Bertz CT molecular complexity index is 907. The number of methoxy groups -OCH3 is 1. The molecule has 1 N–H and O–H groups in total. The molecular formula is C25H33ClN2O4. The fourth-order valence-electron chi connectivity index (χ4n) is 3.19. The summed E-state index contributed by atoms with van der Waals surface area (Å²) in [6.07, 6.45) is 0.809. The van der Waals surface area contributed by atoms with Crippen LogP contribution in [0.3, 0.4) is 0 Å². The zero-order chi connectivity index (χ0) is 23.8. The van der Waals surface area contributed by atoms with Crippen molar-refractivity contribution in [1.29, 1.82) is 0 Å². The monoisotopic (exact) mass is 460 g/mol. The predicted octanol–water partition coefficient (Wildman–Crippen LogP) is 4.68. The van der Waals surface area contributed by atoms with Gasteiger partial charge in [-0.25, -0.2) is 0 Å². The Kier molecular flexibility index (Phi) is 9.39. The number of carbonyl (C=O) groups is 2. The molecule has 0 spiro atoms. The van der Waals surface area contributed by atoms with Gasteiger partial charge in [0.1, 0.15) is 17.5 Å². The smallest absolute Gasteiger partial charge is 0.261 e. The molecule has 6 nitrogen and oxygen atoms in total. The van der Waals surface area contributed by atoms with E-state index in [2.05, 4.69) is 5.32 Å². The summed E-state index contributed by atoms with van der Waals surface area (Å²) >= 11 is 6.22. The minimum atomic E-state index is -0.657. The van der Waals surface area contributed by atoms with E-state index in [0.29, 0.717) is 10.8 Å². The second-order valence-corrected chi connectivity index (χ2v) is 8.40. The first kappa shape index (κ1) is 25.5. The average molecular weight is 461 g/mol. The highest BCUT2D eigenvalue weighted by Gasteiger charge is 2.27. The van der Waals surface area contributed by atoms with E-state index in [0.717, 1.165) is 28.9 Å². The average Bonchev–Trinajstić information content (AvgIpc) is 2.78. The number of rotatable bonds is 10.